The molecular weight excluding hydrogens is 420 g/mol. The molecule has 1 aliphatic rings. The molecule has 0 aromatic carbocycles. The van der Waals surface area contributed by atoms with Crippen LogP contribution in [-0.2, 0) is 18.8 Å². The van der Waals surface area contributed by atoms with E-state index in [-0.39, 0.29) is 41.0 Å². The highest BCUT2D eigenvalue weighted by molar-refractivity contribution is 6.74. The summed E-state index contributed by atoms with van der Waals surface area (Å²) in [5, 5.41) is 8.83. The number of ketones is 2. The number of aliphatic carboxylic acids is 1. The van der Waals surface area contributed by atoms with Crippen molar-refractivity contribution >= 4 is 25.9 Å². The number of allylic oxidation sites excluding steroid dienone is 1. The number of unbranched alkanes of at least 4 members (excludes halogenated alkanes) is 5. The number of hydrogen-bond acceptors (Lipinski definition) is 4. The lowest BCUT2D eigenvalue weighted by atomic mass is 9.88. The van der Waals surface area contributed by atoms with E-state index in [2.05, 4.69) is 40.8 Å². The zero-order valence-electron chi connectivity index (χ0n) is 21.2. The molecule has 0 aromatic heterocycles. The first-order chi connectivity index (χ1) is 14.9. The Morgan fingerprint density at radius 3 is 2.28 bits per heavy atom. The number of rotatable bonds is 15. The quantitative estimate of drug-likeness (QED) is 0.165. The standard InChI is InChI=1S/C26H46O5Si/c1-7-8-11-14-20(27)17-18-22-21(15-12-9-10-13-16-25(29)30)23(28)19-24(22)31-32(5,6)26(2,3)4/h17-18,21-22,24H,7-16,19H2,1-6H3,(H,29,30)/t21-,22-,24+/m1/s1. The molecule has 0 spiro atoms. The van der Waals surface area contributed by atoms with Gasteiger partial charge in [0.05, 0.1) is 6.10 Å². The molecule has 32 heavy (non-hydrogen) atoms. The molecule has 3 atom stereocenters. The van der Waals surface area contributed by atoms with Crippen LogP contribution in [0.2, 0.25) is 18.1 Å². The molecule has 184 valence electrons. The Morgan fingerprint density at radius 1 is 1.06 bits per heavy atom. The van der Waals surface area contributed by atoms with E-state index in [0.717, 1.165) is 44.9 Å². The van der Waals surface area contributed by atoms with Gasteiger partial charge in [0.15, 0.2) is 14.1 Å². The molecule has 0 radical (unpaired) electrons. The maximum atomic E-state index is 12.9. The Bertz CT molecular complexity index is 647. The lowest BCUT2D eigenvalue weighted by Crippen LogP contribution is -2.45. The average molecular weight is 467 g/mol. The summed E-state index contributed by atoms with van der Waals surface area (Å²) in [6.45, 7) is 13.2. The fourth-order valence-electron chi connectivity index (χ4n) is 4.09. The number of carboxylic acid groups (broad SMARTS) is 1. The first-order valence-electron chi connectivity index (χ1n) is 12.5. The predicted octanol–water partition coefficient (Wildman–Crippen LogP) is 6.71. The number of Topliss-reactive ketones (excluding diaryl/α,β-unsaturated/α-hetero) is 1. The van der Waals surface area contributed by atoms with Crippen molar-refractivity contribution < 1.29 is 23.9 Å². The monoisotopic (exact) mass is 466 g/mol. The van der Waals surface area contributed by atoms with Gasteiger partial charge in [0, 0.05) is 31.1 Å². The second-order valence-corrected chi connectivity index (χ2v) is 15.7. The molecule has 0 unspecified atom stereocenters. The van der Waals surface area contributed by atoms with Crippen molar-refractivity contribution in [2.45, 2.75) is 123 Å². The third kappa shape index (κ3) is 9.70. The minimum atomic E-state index is -2.04. The summed E-state index contributed by atoms with van der Waals surface area (Å²) >= 11 is 0. The summed E-state index contributed by atoms with van der Waals surface area (Å²) in [7, 11) is -2.04. The molecule has 1 saturated carbocycles. The molecule has 1 aliphatic carbocycles. The van der Waals surface area contributed by atoms with Crippen molar-refractivity contribution in [3.8, 4) is 0 Å². The van der Waals surface area contributed by atoms with E-state index in [0.29, 0.717) is 19.3 Å². The zero-order chi connectivity index (χ0) is 24.4. The van der Waals surface area contributed by atoms with Crippen molar-refractivity contribution in [3.63, 3.8) is 0 Å². The van der Waals surface area contributed by atoms with Crippen molar-refractivity contribution in [2.24, 2.45) is 11.8 Å². The third-order valence-corrected chi connectivity index (χ3v) is 11.7. The Hall–Kier alpha value is -1.27. The minimum absolute atomic E-state index is 0.0502. The maximum absolute atomic E-state index is 12.9. The van der Waals surface area contributed by atoms with Crippen LogP contribution in [-0.4, -0.2) is 37.1 Å². The highest BCUT2D eigenvalue weighted by atomic mass is 28.4. The highest BCUT2D eigenvalue weighted by Crippen LogP contribution is 2.43. The van der Waals surface area contributed by atoms with Gasteiger partial charge in [-0.2, -0.15) is 0 Å². The van der Waals surface area contributed by atoms with Gasteiger partial charge in [0.25, 0.3) is 0 Å². The Balaban J connectivity index is 2.84. The van der Waals surface area contributed by atoms with E-state index in [1.807, 2.05) is 6.08 Å². The third-order valence-electron chi connectivity index (χ3n) is 7.15. The normalized spacial score (nSPS) is 22.1. The van der Waals surface area contributed by atoms with Gasteiger partial charge >= 0.3 is 5.97 Å². The number of carboxylic acids is 1. The van der Waals surface area contributed by atoms with E-state index in [9.17, 15) is 14.4 Å². The molecule has 6 heteroatoms. The second-order valence-electron chi connectivity index (χ2n) is 10.9. The predicted molar refractivity (Wildman–Crippen MR) is 132 cm³/mol. The Morgan fingerprint density at radius 2 is 1.69 bits per heavy atom. The lowest BCUT2D eigenvalue weighted by Gasteiger charge is -2.39. The van der Waals surface area contributed by atoms with Crippen LogP contribution in [0, 0.1) is 11.8 Å². The van der Waals surface area contributed by atoms with Crippen LogP contribution in [0.15, 0.2) is 12.2 Å². The smallest absolute Gasteiger partial charge is 0.303 e. The van der Waals surface area contributed by atoms with Crippen molar-refractivity contribution in [1.29, 1.82) is 0 Å². The average Bonchev–Trinajstić information content (AvgIpc) is 2.95. The molecule has 0 aromatic rings. The first kappa shape index (κ1) is 28.8. The summed E-state index contributed by atoms with van der Waals surface area (Å²) in [4.78, 5) is 36.0. The van der Waals surface area contributed by atoms with Gasteiger partial charge in [0.1, 0.15) is 5.78 Å². The topological polar surface area (TPSA) is 80.7 Å². The van der Waals surface area contributed by atoms with Gasteiger partial charge in [-0.1, -0.05) is 65.9 Å². The van der Waals surface area contributed by atoms with Gasteiger partial charge < -0.3 is 9.53 Å². The van der Waals surface area contributed by atoms with Gasteiger partial charge in [-0.25, -0.2) is 0 Å². The van der Waals surface area contributed by atoms with Crippen LogP contribution in [0.5, 0.6) is 0 Å². The summed E-state index contributed by atoms with van der Waals surface area (Å²) in [6.07, 6.45) is 11.9. The Kier molecular flexibility index (Phi) is 12.1. The first-order valence-corrected chi connectivity index (χ1v) is 15.4. The van der Waals surface area contributed by atoms with Crippen LogP contribution < -0.4 is 0 Å². The molecular formula is C26H46O5Si. The highest BCUT2D eigenvalue weighted by Gasteiger charge is 2.46. The SMILES string of the molecule is CCCCCC(=O)C=C[C@H]1[C@@H](O[Si](C)(C)C(C)(C)C)CC(=O)[C@@H]1CCCCCCC(=O)O. The van der Waals surface area contributed by atoms with E-state index < -0.39 is 14.3 Å². The lowest BCUT2D eigenvalue weighted by molar-refractivity contribution is -0.137. The van der Waals surface area contributed by atoms with E-state index in [4.69, 9.17) is 9.53 Å². The van der Waals surface area contributed by atoms with E-state index in [1.165, 1.54) is 0 Å². The molecule has 0 bridgehead atoms. The molecule has 1 rings (SSSR count). The zero-order valence-corrected chi connectivity index (χ0v) is 22.2. The fraction of sp³-hybridized carbons (Fsp3) is 0.808. The summed E-state index contributed by atoms with van der Waals surface area (Å²) in [6, 6.07) is 0. The summed E-state index contributed by atoms with van der Waals surface area (Å²) < 4.78 is 6.67. The molecule has 1 N–H and O–H groups in total. The molecule has 0 heterocycles. The molecule has 0 saturated heterocycles. The number of hydrogen-bond donors (Lipinski definition) is 1. The van der Waals surface area contributed by atoms with Crippen molar-refractivity contribution in [3.05, 3.63) is 12.2 Å². The molecule has 0 amide bonds. The van der Waals surface area contributed by atoms with Crippen LogP contribution in [0.4, 0.5) is 0 Å². The van der Waals surface area contributed by atoms with Gasteiger partial charge in [-0.3, -0.25) is 14.4 Å². The van der Waals surface area contributed by atoms with Crippen molar-refractivity contribution in [1.82, 2.24) is 0 Å². The van der Waals surface area contributed by atoms with E-state index >= 15 is 0 Å². The summed E-state index contributed by atoms with van der Waals surface area (Å²) in [5.41, 5.74) is 0. The van der Waals surface area contributed by atoms with Crippen molar-refractivity contribution in [2.75, 3.05) is 0 Å². The van der Waals surface area contributed by atoms with Crippen LogP contribution in [0.25, 0.3) is 0 Å². The molecule has 5 nitrogen and oxygen atoms in total. The van der Waals surface area contributed by atoms with E-state index in [1.54, 1.807) is 6.08 Å². The molecule has 0 aliphatic heterocycles. The fourth-order valence-corrected chi connectivity index (χ4v) is 5.44. The number of carbonyl (C=O) groups excluding carboxylic acids is 2. The molecule has 1 fully saturated rings. The van der Waals surface area contributed by atoms with Crippen LogP contribution in [0.1, 0.15) is 98.3 Å². The van der Waals surface area contributed by atoms with Crippen LogP contribution in [0.3, 0.4) is 0 Å². The van der Waals surface area contributed by atoms with Crippen LogP contribution >= 0.6 is 0 Å². The summed E-state index contributed by atoms with van der Waals surface area (Å²) in [5.74, 6) is -0.534. The largest absolute Gasteiger partial charge is 0.481 e. The van der Waals surface area contributed by atoms with Gasteiger partial charge in [-0.15, -0.1) is 0 Å². The van der Waals surface area contributed by atoms with Gasteiger partial charge in [-0.05, 0) is 43.5 Å². The maximum Gasteiger partial charge on any atom is 0.303 e. The number of carbonyl (C=O) groups is 3. The minimum Gasteiger partial charge on any atom is -0.481 e. The van der Waals surface area contributed by atoms with Gasteiger partial charge in [0.2, 0.25) is 0 Å². The Labute approximate surface area is 196 Å². The second kappa shape index (κ2) is 13.4.